The molecule has 4 N–H and O–H groups in total. The molecule has 1 aliphatic heterocycles. The number of nitrogens with two attached hydrogens (primary N) is 1. The summed E-state index contributed by atoms with van der Waals surface area (Å²) >= 11 is 3.59. The molecule has 0 spiro atoms. The number of amides is 2. The fourth-order valence-corrected chi connectivity index (χ4v) is 5.21. The van der Waals surface area contributed by atoms with E-state index in [2.05, 4.69) is 59.1 Å². The van der Waals surface area contributed by atoms with Crippen LogP contribution in [0.3, 0.4) is 0 Å². The summed E-state index contributed by atoms with van der Waals surface area (Å²) in [6.07, 6.45) is 15.2. The second kappa shape index (κ2) is 16.4. The van der Waals surface area contributed by atoms with Crippen LogP contribution in [-0.4, -0.2) is 29.3 Å². The van der Waals surface area contributed by atoms with Crippen LogP contribution >= 0.6 is 15.9 Å². The monoisotopic (exact) mass is 624 g/mol. The standard InChI is InChI=1S/C34H45BrN2O4/c1-23-13-11-17-30(38)37-29(25(3)19-18-24(2)22-27(21-23)41-33(36)40)16-9-7-8-10-20-34(5,6)32(39)28-15-12-14-26(4)31(28)35/h9-12,14-20,23-25,27,29,32,39H,13,21-22H2,1-6H3,(H2,36,40)(H,37,38)/b16-9+,17-11-,19-18+,20-10+/t23-,24+,25?,27-,29-,32+/m1/s1. The highest BCUT2D eigenvalue weighted by Crippen LogP contribution is 2.38. The smallest absolute Gasteiger partial charge is 0.404 e. The predicted molar refractivity (Wildman–Crippen MR) is 170 cm³/mol. The number of carbonyl (C=O) groups excluding carboxylic acids is 2. The number of aryl methyl sites for hydroxylation is 1. The Hall–Kier alpha value is -3.08. The zero-order chi connectivity index (χ0) is 30.6. The van der Waals surface area contributed by atoms with E-state index in [1.165, 1.54) is 0 Å². The van der Waals surface area contributed by atoms with Gasteiger partial charge in [0.05, 0.1) is 12.1 Å². The van der Waals surface area contributed by atoms with E-state index in [0.29, 0.717) is 19.3 Å². The quantitative estimate of drug-likeness (QED) is 0.240. The van der Waals surface area contributed by atoms with Crippen molar-refractivity contribution in [1.29, 1.82) is 0 Å². The zero-order valence-corrected chi connectivity index (χ0v) is 26.6. The number of aliphatic hydroxyl groups excluding tert-OH is 1. The molecule has 0 aromatic heterocycles. The second-order valence-corrected chi connectivity index (χ2v) is 12.5. The third-order valence-corrected chi connectivity index (χ3v) is 8.38. The number of benzene rings is 1. The van der Waals surface area contributed by atoms with E-state index in [1.54, 1.807) is 18.2 Å². The lowest BCUT2D eigenvalue weighted by Gasteiger charge is -2.28. The first-order valence-electron chi connectivity index (χ1n) is 14.2. The van der Waals surface area contributed by atoms with Crippen molar-refractivity contribution < 1.29 is 19.4 Å². The van der Waals surface area contributed by atoms with Crippen molar-refractivity contribution in [1.82, 2.24) is 5.32 Å². The summed E-state index contributed by atoms with van der Waals surface area (Å²) in [7, 11) is 0. The SMILES string of the molecule is Cc1cccc([C@H](O)C(C)(C)/C=C/C#C/C=C/[C@H]2NC(=O)/C=C\C[C@@H](C)C[C@@H](OC(N)=O)C[C@@H](C)/C=C/C2C)c1Br. The van der Waals surface area contributed by atoms with Crippen molar-refractivity contribution in [3.8, 4) is 11.8 Å². The molecule has 2 amide bonds. The number of aliphatic hydroxyl groups is 1. The molecule has 0 bridgehead atoms. The Labute approximate surface area is 254 Å². The molecule has 0 aliphatic carbocycles. The average molecular weight is 626 g/mol. The molecular formula is C34H45BrN2O4. The maximum Gasteiger partial charge on any atom is 0.404 e. The number of carbonyl (C=O) groups is 2. The Morgan fingerprint density at radius 3 is 2.61 bits per heavy atom. The summed E-state index contributed by atoms with van der Waals surface area (Å²) in [5, 5.41) is 14.1. The number of hydrogen-bond donors (Lipinski definition) is 3. The number of hydrogen-bond acceptors (Lipinski definition) is 4. The fraction of sp³-hybridized carbons (Fsp3) is 0.471. The minimum absolute atomic E-state index is 0.00243. The molecule has 0 radical (unpaired) electrons. The molecule has 6 atom stereocenters. The van der Waals surface area contributed by atoms with E-state index in [-0.39, 0.29) is 35.8 Å². The van der Waals surface area contributed by atoms with Crippen LogP contribution in [0.25, 0.3) is 0 Å². The lowest BCUT2D eigenvalue weighted by Crippen LogP contribution is -2.36. The lowest BCUT2D eigenvalue weighted by atomic mass is 9.82. The van der Waals surface area contributed by atoms with Gasteiger partial charge in [0, 0.05) is 9.89 Å². The Morgan fingerprint density at radius 1 is 1.20 bits per heavy atom. The van der Waals surface area contributed by atoms with Crippen LogP contribution in [0.2, 0.25) is 0 Å². The number of primary amides is 1. The summed E-state index contributed by atoms with van der Waals surface area (Å²) in [4.78, 5) is 24.0. The van der Waals surface area contributed by atoms with Crippen LogP contribution < -0.4 is 11.1 Å². The second-order valence-electron chi connectivity index (χ2n) is 11.7. The van der Waals surface area contributed by atoms with E-state index < -0.39 is 17.6 Å². The van der Waals surface area contributed by atoms with Gasteiger partial charge in [-0.1, -0.05) is 111 Å². The van der Waals surface area contributed by atoms with Crippen LogP contribution in [0.5, 0.6) is 0 Å². The maximum atomic E-state index is 12.6. The first-order valence-corrected chi connectivity index (χ1v) is 15.0. The van der Waals surface area contributed by atoms with Crippen LogP contribution in [-0.2, 0) is 9.53 Å². The third-order valence-electron chi connectivity index (χ3n) is 7.30. The largest absolute Gasteiger partial charge is 0.446 e. The van der Waals surface area contributed by atoms with Crippen LogP contribution in [0.1, 0.15) is 71.1 Å². The van der Waals surface area contributed by atoms with Crippen LogP contribution in [0.15, 0.2) is 71.3 Å². The van der Waals surface area contributed by atoms with E-state index in [1.807, 2.05) is 64.1 Å². The van der Waals surface area contributed by atoms with Gasteiger partial charge in [0.1, 0.15) is 6.10 Å². The number of rotatable bonds is 5. The predicted octanol–water partition coefficient (Wildman–Crippen LogP) is 7.09. The van der Waals surface area contributed by atoms with Gasteiger partial charge in [0.2, 0.25) is 5.91 Å². The van der Waals surface area contributed by atoms with Crippen molar-refractivity contribution in [2.45, 2.75) is 79.1 Å². The molecule has 6 nitrogen and oxygen atoms in total. The average Bonchev–Trinajstić information content (AvgIpc) is 2.88. The number of allylic oxidation sites excluding steroid dienone is 4. The molecular weight excluding hydrogens is 580 g/mol. The van der Waals surface area contributed by atoms with E-state index in [0.717, 1.165) is 15.6 Å². The molecule has 1 unspecified atom stereocenters. The molecule has 41 heavy (non-hydrogen) atoms. The van der Waals surface area contributed by atoms with Crippen molar-refractivity contribution in [2.75, 3.05) is 0 Å². The molecule has 0 saturated carbocycles. The van der Waals surface area contributed by atoms with Gasteiger partial charge in [-0.05, 0) is 73.3 Å². The molecule has 0 fully saturated rings. The Bertz CT molecular complexity index is 1220. The molecule has 7 heteroatoms. The fourth-order valence-electron chi connectivity index (χ4n) is 4.73. The summed E-state index contributed by atoms with van der Waals surface area (Å²) in [5.41, 5.74) is 6.68. The van der Waals surface area contributed by atoms with Gasteiger partial charge in [-0.3, -0.25) is 4.79 Å². The summed E-state index contributed by atoms with van der Waals surface area (Å²) in [5.74, 6) is 6.26. The molecule has 222 valence electrons. The Morgan fingerprint density at radius 2 is 1.90 bits per heavy atom. The van der Waals surface area contributed by atoms with Crippen molar-refractivity contribution in [3.05, 3.63) is 82.4 Å². The summed E-state index contributed by atoms with van der Waals surface area (Å²) in [6.45, 7) is 12.1. The van der Waals surface area contributed by atoms with Gasteiger partial charge in [0.25, 0.3) is 0 Å². The normalized spacial score (nSPS) is 26.8. The van der Waals surface area contributed by atoms with Gasteiger partial charge in [0.15, 0.2) is 0 Å². The topological polar surface area (TPSA) is 102 Å². The first-order chi connectivity index (χ1) is 19.3. The van der Waals surface area contributed by atoms with Crippen molar-refractivity contribution in [2.24, 2.45) is 28.9 Å². The zero-order valence-electron chi connectivity index (χ0n) is 25.1. The number of nitrogens with one attached hydrogen (secondary N) is 1. The van der Waals surface area contributed by atoms with E-state index >= 15 is 0 Å². The number of halogens is 1. The summed E-state index contributed by atoms with van der Waals surface area (Å²) in [6, 6.07) is 5.60. The molecule has 0 saturated heterocycles. The highest BCUT2D eigenvalue weighted by molar-refractivity contribution is 9.10. The van der Waals surface area contributed by atoms with Gasteiger partial charge in [-0.15, -0.1) is 0 Å². The molecule has 1 aromatic carbocycles. The van der Waals surface area contributed by atoms with Crippen molar-refractivity contribution in [3.63, 3.8) is 0 Å². The lowest BCUT2D eigenvalue weighted by molar-refractivity contribution is -0.117. The van der Waals surface area contributed by atoms with E-state index in [4.69, 9.17) is 10.5 Å². The van der Waals surface area contributed by atoms with E-state index in [9.17, 15) is 14.7 Å². The van der Waals surface area contributed by atoms with Gasteiger partial charge < -0.3 is 20.9 Å². The Kier molecular flexibility index (Phi) is 13.6. The maximum absolute atomic E-state index is 12.6. The highest BCUT2D eigenvalue weighted by atomic mass is 79.9. The molecule has 1 heterocycles. The number of ether oxygens (including phenoxy) is 1. The van der Waals surface area contributed by atoms with Crippen molar-refractivity contribution >= 4 is 27.9 Å². The molecule has 1 aliphatic rings. The van der Waals surface area contributed by atoms with Gasteiger partial charge >= 0.3 is 6.09 Å². The first kappa shape index (κ1) is 34.1. The van der Waals surface area contributed by atoms with Crippen LogP contribution in [0, 0.1) is 41.9 Å². The highest BCUT2D eigenvalue weighted by Gasteiger charge is 2.28. The van der Waals surface area contributed by atoms with Gasteiger partial charge in [-0.25, -0.2) is 4.79 Å². The van der Waals surface area contributed by atoms with Crippen LogP contribution in [0.4, 0.5) is 4.79 Å². The molecule has 1 aromatic rings. The molecule has 2 rings (SSSR count). The minimum atomic E-state index is -0.761. The summed E-state index contributed by atoms with van der Waals surface area (Å²) < 4.78 is 6.28. The van der Waals surface area contributed by atoms with Gasteiger partial charge in [-0.2, -0.15) is 0 Å². The Balaban J connectivity index is 2.15. The third kappa shape index (κ3) is 11.7. The minimum Gasteiger partial charge on any atom is -0.446 e.